The number of halogens is 2. The maximum absolute atomic E-state index is 14.8. The van der Waals surface area contributed by atoms with Crippen LogP contribution in [0.5, 0.6) is 5.75 Å². The number of rotatable bonds is 9. The summed E-state index contributed by atoms with van der Waals surface area (Å²) in [6, 6.07) is 20.4. The van der Waals surface area contributed by atoms with Crippen LogP contribution in [0, 0.1) is 0 Å². The summed E-state index contributed by atoms with van der Waals surface area (Å²) in [4.78, 5) is 26.0. The second-order valence-electron chi connectivity index (χ2n) is 13.3. The van der Waals surface area contributed by atoms with Crippen LogP contribution in [0.25, 0.3) is 0 Å². The summed E-state index contributed by atoms with van der Waals surface area (Å²) < 4.78 is 29.5. The first kappa shape index (κ1) is 35.2. The number of benzene rings is 3. The molecule has 2 heterocycles. The van der Waals surface area contributed by atoms with E-state index in [9.17, 15) is 13.2 Å². The number of carbonyl (C=O) groups excluding carboxylic acids is 1. The third-order valence-electron chi connectivity index (χ3n) is 8.72. The molecule has 2 aliphatic rings. The van der Waals surface area contributed by atoms with E-state index in [0.717, 1.165) is 22.3 Å². The van der Waals surface area contributed by atoms with Crippen LogP contribution in [-0.4, -0.2) is 86.3 Å². The Bertz CT molecular complexity index is 1700. The Morgan fingerprint density at radius 1 is 0.915 bits per heavy atom. The molecule has 2 atom stereocenters. The number of hydrogen-bond donors (Lipinski definition) is 0. The monoisotopic (exact) mass is 698 g/mol. The first-order chi connectivity index (χ1) is 22.2. The fraction of sp³-hybridized carbons (Fsp3) is 0.444. The van der Waals surface area contributed by atoms with Gasteiger partial charge >= 0.3 is 6.03 Å². The van der Waals surface area contributed by atoms with E-state index in [-0.39, 0.29) is 17.2 Å². The highest BCUT2D eigenvalue weighted by Crippen LogP contribution is 2.46. The fourth-order valence-corrected chi connectivity index (χ4v) is 7.07. The van der Waals surface area contributed by atoms with Gasteiger partial charge in [0.25, 0.3) is 0 Å². The van der Waals surface area contributed by atoms with Gasteiger partial charge in [0.1, 0.15) is 27.5 Å². The van der Waals surface area contributed by atoms with Gasteiger partial charge in [-0.15, -0.1) is 0 Å². The highest BCUT2D eigenvalue weighted by molar-refractivity contribution is 7.90. The third-order valence-corrected chi connectivity index (χ3v) is 10.3. The Morgan fingerprint density at radius 3 is 2.06 bits per heavy atom. The lowest BCUT2D eigenvalue weighted by Crippen LogP contribution is -2.54. The average molecular weight is 700 g/mol. The number of ether oxygens (including phenoxy) is 1. The van der Waals surface area contributed by atoms with Crippen molar-refractivity contribution in [1.29, 1.82) is 0 Å². The van der Waals surface area contributed by atoms with E-state index in [2.05, 4.69) is 37.8 Å². The second-order valence-corrected chi connectivity index (χ2v) is 16.4. The minimum Gasteiger partial charge on any atom is -0.493 e. The molecule has 0 N–H and O–H groups in total. The van der Waals surface area contributed by atoms with Crippen molar-refractivity contribution in [2.75, 3.05) is 51.3 Å². The third kappa shape index (κ3) is 8.49. The fourth-order valence-electron chi connectivity index (χ4n) is 6.17. The van der Waals surface area contributed by atoms with Gasteiger partial charge in [-0.05, 0) is 78.4 Å². The van der Waals surface area contributed by atoms with E-state index in [4.69, 9.17) is 32.9 Å². The summed E-state index contributed by atoms with van der Waals surface area (Å²) in [5.41, 5.74) is 3.61. The van der Waals surface area contributed by atoms with Gasteiger partial charge in [-0.25, -0.2) is 13.2 Å². The van der Waals surface area contributed by atoms with E-state index in [1.54, 1.807) is 0 Å². The minimum atomic E-state index is -3.01. The molecule has 0 aromatic heterocycles. The summed E-state index contributed by atoms with van der Waals surface area (Å²) in [7, 11) is -3.01. The highest BCUT2D eigenvalue weighted by Gasteiger charge is 2.45. The Kier molecular flexibility index (Phi) is 10.9. The number of nitrogens with zero attached hydrogens (tertiary/aromatic N) is 4. The smallest absolute Gasteiger partial charge is 0.326 e. The molecule has 47 heavy (non-hydrogen) atoms. The van der Waals surface area contributed by atoms with Crippen LogP contribution in [-0.2, 0) is 15.3 Å². The molecule has 0 radical (unpaired) electrons. The molecule has 2 aliphatic heterocycles. The highest BCUT2D eigenvalue weighted by atomic mass is 35.5. The molecule has 0 bridgehead atoms. The molecule has 0 aliphatic carbocycles. The van der Waals surface area contributed by atoms with Crippen LogP contribution in [0.4, 0.5) is 4.79 Å². The SMILES string of the molecule is CCOc1cc(C(C)(C)C)ccc1C1=N[C@@H](c2ccc(Cl)cc2)[C@@H](c2ccc(Cl)cc2)N1C(=O)N1CCN(CCCS(C)(=O)=O)CC1. The van der Waals surface area contributed by atoms with Crippen molar-refractivity contribution in [3.05, 3.63) is 99.0 Å². The maximum atomic E-state index is 14.8. The number of hydrogen-bond acceptors (Lipinski definition) is 6. The van der Waals surface area contributed by atoms with Crippen molar-refractivity contribution in [2.45, 2.75) is 51.6 Å². The molecule has 11 heteroatoms. The first-order valence-electron chi connectivity index (χ1n) is 16.1. The number of piperazine rings is 1. The summed E-state index contributed by atoms with van der Waals surface area (Å²) in [6.45, 7) is 11.9. The summed E-state index contributed by atoms with van der Waals surface area (Å²) in [5.74, 6) is 1.39. The number of aliphatic imine (C=N–C) groups is 1. The molecule has 252 valence electrons. The van der Waals surface area contributed by atoms with Gasteiger partial charge in [-0.1, -0.05) is 74.3 Å². The van der Waals surface area contributed by atoms with Crippen molar-refractivity contribution in [1.82, 2.24) is 14.7 Å². The van der Waals surface area contributed by atoms with Crippen molar-refractivity contribution in [3.8, 4) is 5.75 Å². The molecule has 8 nitrogen and oxygen atoms in total. The normalized spacial score (nSPS) is 19.2. The summed E-state index contributed by atoms with van der Waals surface area (Å²) in [5, 5.41) is 1.23. The van der Waals surface area contributed by atoms with Crippen LogP contribution in [0.1, 0.15) is 68.5 Å². The largest absolute Gasteiger partial charge is 0.493 e. The van der Waals surface area contributed by atoms with Gasteiger partial charge in [0, 0.05) is 42.5 Å². The molecule has 0 saturated carbocycles. The Balaban J connectivity index is 1.56. The van der Waals surface area contributed by atoms with Crippen molar-refractivity contribution < 1.29 is 17.9 Å². The zero-order valence-corrected chi connectivity index (χ0v) is 30.1. The summed E-state index contributed by atoms with van der Waals surface area (Å²) >= 11 is 12.6. The molecular weight excluding hydrogens is 655 g/mol. The van der Waals surface area contributed by atoms with Crippen molar-refractivity contribution in [3.63, 3.8) is 0 Å². The predicted molar refractivity (Wildman–Crippen MR) is 191 cm³/mol. The van der Waals surface area contributed by atoms with E-state index in [1.165, 1.54) is 6.26 Å². The van der Waals surface area contributed by atoms with Crippen molar-refractivity contribution in [2.24, 2.45) is 4.99 Å². The van der Waals surface area contributed by atoms with Crippen LogP contribution in [0.3, 0.4) is 0 Å². The first-order valence-corrected chi connectivity index (χ1v) is 18.9. The van der Waals surface area contributed by atoms with Gasteiger partial charge in [0.05, 0.1) is 24.0 Å². The van der Waals surface area contributed by atoms with Gasteiger partial charge in [0.2, 0.25) is 0 Å². The molecule has 0 spiro atoms. The van der Waals surface area contributed by atoms with Gasteiger partial charge in [-0.3, -0.25) is 14.8 Å². The lowest BCUT2D eigenvalue weighted by molar-refractivity contribution is 0.119. The second kappa shape index (κ2) is 14.6. The molecule has 0 unspecified atom stereocenters. The van der Waals surface area contributed by atoms with Gasteiger partial charge < -0.3 is 9.64 Å². The van der Waals surface area contributed by atoms with Crippen molar-refractivity contribution >= 4 is 44.9 Å². The lowest BCUT2D eigenvalue weighted by Gasteiger charge is -2.39. The molecule has 2 amide bonds. The van der Waals surface area contributed by atoms with E-state index in [0.29, 0.717) is 67.4 Å². The topological polar surface area (TPSA) is 82.5 Å². The Morgan fingerprint density at radius 2 is 1.51 bits per heavy atom. The molecule has 5 rings (SSSR count). The Labute approximate surface area is 289 Å². The van der Waals surface area contributed by atoms with Crippen LogP contribution in [0.2, 0.25) is 10.0 Å². The molecule has 1 saturated heterocycles. The molecule has 1 fully saturated rings. The van der Waals surface area contributed by atoms with E-state index < -0.39 is 21.9 Å². The zero-order chi connectivity index (χ0) is 33.9. The average Bonchev–Trinajstić information content (AvgIpc) is 3.41. The zero-order valence-electron chi connectivity index (χ0n) is 27.7. The predicted octanol–water partition coefficient (Wildman–Crippen LogP) is 7.41. The number of urea groups is 1. The quantitative estimate of drug-likeness (QED) is 0.233. The lowest BCUT2D eigenvalue weighted by atomic mass is 9.86. The number of amidine groups is 1. The minimum absolute atomic E-state index is 0.101. The summed E-state index contributed by atoms with van der Waals surface area (Å²) in [6.07, 6.45) is 1.84. The maximum Gasteiger partial charge on any atom is 0.326 e. The van der Waals surface area contributed by atoms with Crippen LogP contribution >= 0.6 is 23.2 Å². The molecular formula is C36H44Cl2N4O4S. The van der Waals surface area contributed by atoms with Crippen LogP contribution < -0.4 is 4.74 Å². The van der Waals surface area contributed by atoms with E-state index in [1.807, 2.05) is 71.3 Å². The number of amides is 2. The van der Waals surface area contributed by atoms with Crippen LogP contribution in [0.15, 0.2) is 71.7 Å². The number of carbonyl (C=O) groups is 1. The van der Waals surface area contributed by atoms with Gasteiger partial charge in [0.15, 0.2) is 0 Å². The molecule has 3 aromatic rings. The molecule has 3 aromatic carbocycles. The van der Waals surface area contributed by atoms with E-state index >= 15 is 0 Å². The van der Waals surface area contributed by atoms with Gasteiger partial charge in [-0.2, -0.15) is 0 Å². The standard InChI is InChI=1S/C36H44Cl2N4O4S/c1-6-46-31-24-27(36(2,3)4)12-17-30(31)34-39-32(25-8-13-28(37)14-9-25)33(26-10-15-29(38)16-11-26)42(34)35(43)41-21-19-40(20-22-41)18-7-23-47(5,44)45/h8-17,24,32-33H,6-7,18-23H2,1-5H3/t32-,33+/m0/s1. The number of sulfone groups is 1. The Hall–Kier alpha value is -3.11.